The number of nitrogens with zero attached hydrogens (tertiary/aromatic N) is 2. The Kier molecular flexibility index (Phi) is 6.43. The molecule has 0 N–H and O–H groups in total. The van der Waals surface area contributed by atoms with Gasteiger partial charge in [-0.2, -0.15) is 0 Å². The van der Waals surface area contributed by atoms with E-state index < -0.39 is 0 Å². The Morgan fingerprint density at radius 2 is 0.872 bits per heavy atom. The van der Waals surface area contributed by atoms with E-state index in [1.54, 1.807) is 0 Å². The van der Waals surface area contributed by atoms with Gasteiger partial charge in [-0.3, -0.25) is 0 Å². The maximum atomic E-state index is 6.32. The van der Waals surface area contributed by atoms with E-state index >= 15 is 0 Å². The largest absolute Gasteiger partial charge is 0.456 e. The van der Waals surface area contributed by atoms with E-state index in [9.17, 15) is 0 Å². The van der Waals surface area contributed by atoms with Gasteiger partial charge in [0.2, 0.25) is 5.89 Å². The molecule has 0 amide bonds. The monoisotopic (exact) mass is 604 g/mol. The van der Waals surface area contributed by atoms with E-state index in [2.05, 4.69) is 114 Å². The summed E-state index contributed by atoms with van der Waals surface area (Å²) in [6.07, 6.45) is 0. The lowest BCUT2D eigenvalue weighted by Crippen LogP contribution is -2.09. The molecule has 222 valence electrons. The number of oxazole rings is 1. The Hall–Kier alpha value is -6.39. The highest BCUT2D eigenvalue weighted by Gasteiger charge is 2.17. The average Bonchev–Trinajstić information content (AvgIpc) is 3.73. The van der Waals surface area contributed by atoms with Gasteiger partial charge in [0.05, 0.1) is 0 Å². The minimum atomic E-state index is 0.601. The Morgan fingerprint density at radius 1 is 0.362 bits per heavy atom. The lowest BCUT2D eigenvalue weighted by Gasteiger charge is -2.25. The first-order valence-corrected chi connectivity index (χ1v) is 15.7. The van der Waals surface area contributed by atoms with Crippen molar-refractivity contribution in [3.05, 3.63) is 170 Å². The summed E-state index contributed by atoms with van der Waals surface area (Å²) in [5.41, 5.74) is 12.0. The Morgan fingerprint density at radius 3 is 1.53 bits per heavy atom. The van der Waals surface area contributed by atoms with E-state index in [4.69, 9.17) is 13.8 Å². The Labute approximate surface area is 271 Å². The Balaban J connectivity index is 1.10. The molecule has 2 aromatic heterocycles. The number of anilines is 3. The zero-order valence-electron chi connectivity index (χ0n) is 25.4. The van der Waals surface area contributed by atoms with Gasteiger partial charge in [-0.1, -0.05) is 103 Å². The van der Waals surface area contributed by atoms with Crippen molar-refractivity contribution in [3.63, 3.8) is 0 Å². The van der Waals surface area contributed by atoms with Gasteiger partial charge in [0.1, 0.15) is 16.7 Å². The van der Waals surface area contributed by atoms with E-state index in [-0.39, 0.29) is 0 Å². The normalized spacial score (nSPS) is 11.4. The van der Waals surface area contributed by atoms with Crippen LogP contribution in [0, 0.1) is 0 Å². The summed E-state index contributed by atoms with van der Waals surface area (Å²) < 4.78 is 12.5. The van der Waals surface area contributed by atoms with Crippen molar-refractivity contribution in [2.75, 3.05) is 4.90 Å². The van der Waals surface area contributed by atoms with Crippen LogP contribution in [-0.4, -0.2) is 4.98 Å². The van der Waals surface area contributed by atoms with Crippen molar-refractivity contribution >= 4 is 50.1 Å². The van der Waals surface area contributed by atoms with Gasteiger partial charge in [-0.15, -0.1) is 0 Å². The number of para-hydroxylation sites is 1. The molecule has 0 saturated carbocycles. The summed E-state index contributed by atoms with van der Waals surface area (Å²) in [6, 6.07) is 58.8. The fourth-order valence-electron chi connectivity index (χ4n) is 6.34. The third-order valence-electron chi connectivity index (χ3n) is 8.71. The molecular formula is C43H28N2O2. The molecular weight excluding hydrogens is 576 g/mol. The second-order valence-corrected chi connectivity index (χ2v) is 11.6. The van der Waals surface area contributed by atoms with Gasteiger partial charge in [-0.25, -0.2) is 4.98 Å². The molecule has 0 aliphatic rings. The Bertz CT molecular complexity index is 2480. The third kappa shape index (κ3) is 4.93. The van der Waals surface area contributed by atoms with Crippen molar-refractivity contribution in [3.8, 4) is 33.7 Å². The molecule has 4 heteroatoms. The van der Waals surface area contributed by atoms with Crippen molar-refractivity contribution in [1.29, 1.82) is 0 Å². The predicted octanol–water partition coefficient (Wildman–Crippen LogP) is 12.2. The van der Waals surface area contributed by atoms with Gasteiger partial charge in [0.25, 0.3) is 0 Å². The number of furan rings is 1. The smallest absolute Gasteiger partial charge is 0.227 e. The molecule has 0 fully saturated rings. The summed E-state index contributed by atoms with van der Waals surface area (Å²) in [4.78, 5) is 7.02. The molecule has 2 heterocycles. The van der Waals surface area contributed by atoms with Crippen LogP contribution < -0.4 is 4.90 Å². The third-order valence-corrected chi connectivity index (χ3v) is 8.71. The molecule has 0 spiro atoms. The topological polar surface area (TPSA) is 42.4 Å². The molecule has 0 atom stereocenters. The van der Waals surface area contributed by atoms with Gasteiger partial charge in [0.15, 0.2) is 5.58 Å². The van der Waals surface area contributed by atoms with Crippen molar-refractivity contribution in [2.45, 2.75) is 0 Å². The number of aromatic nitrogens is 1. The first-order valence-electron chi connectivity index (χ1n) is 15.7. The molecule has 7 aromatic carbocycles. The molecule has 9 aromatic rings. The molecule has 9 rings (SSSR count). The highest BCUT2D eigenvalue weighted by Crippen LogP contribution is 2.40. The van der Waals surface area contributed by atoms with E-state index in [0.29, 0.717) is 5.89 Å². The minimum Gasteiger partial charge on any atom is -0.456 e. The molecule has 4 nitrogen and oxygen atoms in total. The number of rotatable bonds is 6. The van der Waals surface area contributed by atoms with Gasteiger partial charge in [0, 0.05) is 39.5 Å². The fourth-order valence-corrected chi connectivity index (χ4v) is 6.34. The van der Waals surface area contributed by atoms with E-state index in [1.165, 1.54) is 22.3 Å². The van der Waals surface area contributed by atoms with E-state index in [0.717, 1.165) is 55.7 Å². The molecule has 0 radical (unpaired) electrons. The van der Waals surface area contributed by atoms with Gasteiger partial charge >= 0.3 is 0 Å². The van der Waals surface area contributed by atoms with Crippen LogP contribution in [0.1, 0.15) is 0 Å². The molecule has 0 unspecified atom stereocenters. The summed E-state index contributed by atoms with van der Waals surface area (Å²) >= 11 is 0. The standard InChI is InChI=1S/C43H28N2O2/c1-4-10-29(11-5-1)30-16-18-31(19-17-30)32-20-22-35(23-21-32)45(34-14-8-3-9-15-34)36-24-25-40-37(26-36)38-27-42-39(28-41(38)46-40)44-43(47-42)33-12-6-2-7-13-33/h1-28H. The summed E-state index contributed by atoms with van der Waals surface area (Å²) in [5.74, 6) is 0.601. The highest BCUT2D eigenvalue weighted by molar-refractivity contribution is 6.10. The zero-order chi connectivity index (χ0) is 31.2. The summed E-state index contributed by atoms with van der Waals surface area (Å²) in [6.45, 7) is 0. The molecule has 0 bridgehead atoms. The zero-order valence-corrected chi connectivity index (χ0v) is 25.4. The molecule has 0 aliphatic carbocycles. The molecule has 0 aliphatic heterocycles. The van der Waals surface area contributed by atoms with Gasteiger partial charge < -0.3 is 13.7 Å². The number of fused-ring (bicyclic) bond motifs is 4. The summed E-state index contributed by atoms with van der Waals surface area (Å²) in [7, 11) is 0. The SMILES string of the molecule is c1ccc(-c2ccc(-c3ccc(N(c4ccccc4)c4ccc5oc6cc7nc(-c8ccccc8)oc7cc6c5c4)cc3)cc2)cc1. The van der Waals surface area contributed by atoms with E-state index in [1.807, 2.05) is 60.7 Å². The predicted molar refractivity (Wildman–Crippen MR) is 192 cm³/mol. The number of benzene rings is 7. The summed E-state index contributed by atoms with van der Waals surface area (Å²) in [5, 5.41) is 2.01. The fraction of sp³-hybridized carbons (Fsp3) is 0. The van der Waals surface area contributed by atoms with Crippen LogP contribution in [0.2, 0.25) is 0 Å². The number of hydrogen-bond acceptors (Lipinski definition) is 4. The second kappa shape index (κ2) is 11.2. The minimum absolute atomic E-state index is 0.601. The van der Waals surface area contributed by atoms with Crippen LogP contribution in [0.25, 0.3) is 66.7 Å². The quantitative estimate of drug-likeness (QED) is 0.189. The molecule has 47 heavy (non-hydrogen) atoms. The maximum absolute atomic E-state index is 6.32. The van der Waals surface area contributed by atoms with Crippen LogP contribution in [0.4, 0.5) is 17.1 Å². The maximum Gasteiger partial charge on any atom is 0.227 e. The lowest BCUT2D eigenvalue weighted by molar-refractivity contribution is 0.620. The van der Waals surface area contributed by atoms with Crippen LogP contribution in [-0.2, 0) is 0 Å². The second-order valence-electron chi connectivity index (χ2n) is 11.6. The average molecular weight is 605 g/mol. The van der Waals surface area contributed by atoms with Crippen molar-refractivity contribution < 1.29 is 8.83 Å². The van der Waals surface area contributed by atoms with Crippen LogP contribution in [0.15, 0.2) is 179 Å². The molecule has 0 saturated heterocycles. The van der Waals surface area contributed by atoms with Gasteiger partial charge in [-0.05, 0) is 82.9 Å². The first kappa shape index (κ1) is 27.0. The van der Waals surface area contributed by atoms with Crippen molar-refractivity contribution in [2.24, 2.45) is 0 Å². The van der Waals surface area contributed by atoms with Crippen LogP contribution in [0.5, 0.6) is 0 Å². The van der Waals surface area contributed by atoms with Crippen LogP contribution in [0.3, 0.4) is 0 Å². The lowest BCUT2D eigenvalue weighted by atomic mass is 10.00. The number of hydrogen-bond donors (Lipinski definition) is 0. The first-order chi connectivity index (χ1) is 23.3. The highest BCUT2D eigenvalue weighted by atomic mass is 16.4. The van der Waals surface area contributed by atoms with Crippen LogP contribution >= 0.6 is 0 Å². The van der Waals surface area contributed by atoms with Crippen molar-refractivity contribution in [1.82, 2.24) is 4.98 Å².